The molecule has 4 nitrogen and oxygen atoms in total. The molecule has 0 saturated heterocycles. The lowest BCUT2D eigenvalue weighted by Crippen LogP contribution is -2.18. The van der Waals surface area contributed by atoms with Gasteiger partial charge >= 0.3 is 6.18 Å². The van der Waals surface area contributed by atoms with Crippen LogP contribution in [0.15, 0.2) is 30.5 Å². The Balaban J connectivity index is 2.29. The zero-order chi connectivity index (χ0) is 15.6. The Labute approximate surface area is 123 Å². The average molecular weight is 318 g/mol. The van der Waals surface area contributed by atoms with Crippen LogP contribution in [0.3, 0.4) is 0 Å². The number of hydrogen-bond donors (Lipinski definition) is 1. The zero-order valence-corrected chi connectivity index (χ0v) is 11.7. The fraction of sp³-hybridized carbons (Fsp3) is 0.231. The highest BCUT2D eigenvalue weighted by Crippen LogP contribution is 2.33. The quantitative estimate of drug-likeness (QED) is 0.935. The van der Waals surface area contributed by atoms with Gasteiger partial charge in [-0.1, -0.05) is 11.6 Å². The third-order valence-electron chi connectivity index (χ3n) is 2.79. The predicted octanol–water partition coefficient (Wildman–Crippen LogP) is 3.83. The first kappa shape index (κ1) is 15.4. The van der Waals surface area contributed by atoms with E-state index in [1.54, 1.807) is 6.92 Å². The topological polar surface area (TPSA) is 46.9 Å². The number of alkyl halides is 3. The summed E-state index contributed by atoms with van der Waals surface area (Å²) in [5.41, 5.74) is -0.738. The van der Waals surface area contributed by atoms with E-state index in [1.807, 2.05) is 0 Å². The summed E-state index contributed by atoms with van der Waals surface area (Å²) in [6.45, 7) is 2.26. The van der Waals surface area contributed by atoms with Crippen LogP contribution in [-0.2, 0) is 12.7 Å². The van der Waals surface area contributed by atoms with E-state index in [2.05, 4.69) is 10.4 Å². The summed E-state index contributed by atoms with van der Waals surface area (Å²) in [4.78, 5) is 12.1. The molecule has 2 aromatic rings. The van der Waals surface area contributed by atoms with Crippen molar-refractivity contribution in [3.8, 4) is 0 Å². The van der Waals surface area contributed by atoms with Gasteiger partial charge in [0.1, 0.15) is 5.69 Å². The van der Waals surface area contributed by atoms with Gasteiger partial charge in [0.15, 0.2) is 0 Å². The molecule has 0 aliphatic rings. The standard InChI is InChI=1S/C13H11ClF3N3O/c1-2-20-11(5-6-18-20)12(21)19-10-7-8(13(15,16)17)3-4-9(10)14/h3-7H,2H2,1H3,(H,19,21). The van der Waals surface area contributed by atoms with Crippen LogP contribution >= 0.6 is 11.6 Å². The Bertz CT molecular complexity index is 667. The molecular weight excluding hydrogens is 307 g/mol. The molecule has 21 heavy (non-hydrogen) atoms. The highest BCUT2D eigenvalue weighted by molar-refractivity contribution is 6.33. The number of benzene rings is 1. The van der Waals surface area contributed by atoms with E-state index in [0.29, 0.717) is 6.54 Å². The number of carbonyl (C=O) groups excluding carboxylic acids is 1. The normalized spacial score (nSPS) is 11.5. The number of amides is 1. The van der Waals surface area contributed by atoms with E-state index in [0.717, 1.165) is 18.2 Å². The van der Waals surface area contributed by atoms with E-state index >= 15 is 0 Å². The van der Waals surface area contributed by atoms with Crippen molar-refractivity contribution < 1.29 is 18.0 Å². The Hall–Kier alpha value is -2.02. The minimum atomic E-state index is -4.50. The number of halogens is 4. The van der Waals surface area contributed by atoms with Crippen molar-refractivity contribution in [3.63, 3.8) is 0 Å². The van der Waals surface area contributed by atoms with Crippen molar-refractivity contribution in [2.75, 3.05) is 5.32 Å². The minimum Gasteiger partial charge on any atom is -0.319 e. The first-order valence-electron chi connectivity index (χ1n) is 6.03. The number of aryl methyl sites for hydroxylation is 1. The number of aromatic nitrogens is 2. The molecule has 112 valence electrons. The fourth-order valence-electron chi connectivity index (χ4n) is 1.76. The van der Waals surface area contributed by atoms with Gasteiger partial charge in [-0.05, 0) is 31.2 Å². The van der Waals surface area contributed by atoms with Crippen molar-refractivity contribution in [3.05, 3.63) is 46.7 Å². The van der Waals surface area contributed by atoms with Crippen LogP contribution < -0.4 is 5.32 Å². The Morgan fingerprint density at radius 1 is 1.38 bits per heavy atom. The smallest absolute Gasteiger partial charge is 0.319 e. The third kappa shape index (κ3) is 3.36. The SMILES string of the molecule is CCn1nccc1C(=O)Nc1cc(C(F)(F)F)ccc1Cl. The van der Waals surface area contributed by atoms with Crippen molar-refractivity contribution in [1.29, 1.82) is 0 Å². The average Bonchev–Trinajstić information content (AvgIpc) is 2.88. The second-order valence-corrected chi connectivity index (χ2v) is 4.59. The van der Waals surface area contributed by atoms with Crippen LogP contribution in [0.1, 0.15) is 23.0 Å². The van der Waals surface area contributed by atoms with Crippen LogP contribution in [-0.4, -0.2) is 15.7 Å². The Morgan fingerprint density at radius 2 is 2.10 bits per heavy atom. The number of rotatable bonds is 3. The van der Waals surface area contributed by atoms with E-state index in [1.165, 1.54) is 16.9 Å². The van der Waals surface area contributed by atoms with E-state index in [9.17, 15) is 18.0 Å². The van der Waals surface area contributed by atoms with Gasteiger partial charge < -0.3 is 5.32 Å². The van der Waals surface area contributed by atoms with Crippen LogP contribution in [0.5, 0.6) is 0 Å². The molecule has 1 heterocycles. The second-order valence-electron chi connectivity index (χ2n) is 4.18. The number of carbonyl (C=O) groups is 1. The van der Waals surface area contributed by atoms with Crippen molar-refractivity contribution in [2.24, 2.45) is 0 Å². The summed E-state index contributed by atoms with van der Waals surface area (Å²) >= 11 is 5.82. The lowest BCUT2D eigenvalue weighted by molar-refractivity contribution is -0.137. The van der Waals surface area contributed by atoms with Gasteiger partial charge in [-0.25, -0.2) is 0 Å². The largest absolute Gasteiger partial charge is 0.416 e. The first-order valence-corrected chi connectivity index (χ1v) is 6.40. The Morgan fingerprint density at radius 3 is 2.71 bits per heavy atom. The maximum atomic E-state index is 12.7. The van der Waals surface area contributed by atoms with Gasteiger partial charge in [0.2, 0.25) is 0 Å². The monoisotopic (exact) mass is 317 g/mol. The molecule has 1 aromatic heterocycles. The summed E-state index contributed by atoms with van der Waals surface area (Å²) < 4.78 is 39.4. The van der Waals surface area contributed by atoms with Crippen LogP contribution in [0.4, 0.5) is 18.9 Å². The lowest BCUT2D eigenvalue weighted by Gasteiger charge is -2.12. The number of anilines is 1. The maximum Gasteiger partial charge on any atom is 0.416 e. The molecule has 2 rings (SSSR count). The Kier molecular flexibility index (Phi) is 4.22. The van der Waals surface area contributed by atoms with Crippen molar-refractivity contribution in [1.82, 2.24) is 9.78 Å². The molecule has 0 unspecified atom stereocenters. The molecule has 8 heteroatoms. The molecule has 1 aromatic carbocycles. The molecule has 1 amide bonds. The second kappa shape index (κ2) is 5.77. The molecule has 1 N–H and O–H groups in total. The van der Waals surface area contributed by atoms with Gasteiger partial charge in [-0.2, -0.15) is 18.3 Å². The highest BCUT2D eigenvalue weighted by atomic mass is 35.5. The molecular formula is C13H11ClF3N3O. The fourth-order valence-corrected chi connectivity index (χ4v) is 1.93. The lowest BCUT2D eigenvalue weighted by atomic mass is 10.2. The summed E-state index contributed by atoms with van der Waals surface area (Å²) in [5.74, 6) is -0.574. The highest BCUT2D eigenvalue weighted by Gasteiger charge is 2.31. The van der Waals surface area contributed by atoms with E-state index < -0.39 is 17.6 Å². The van der Waals surface area contributed by atoms with Gasteiger partial charge in [-0.15, -0.1) is 0 Å². The third-order valence-corrected chi connectivity index (χ3v) is 3.12. The minimum absolute atomic E-state index is 0.0268. The van der Waals surface area contributed by atoms with Gasteiger partial charge in [0, 0.05) is 12.7 Å². The molecule has 0 saturated carbocycles. The molecule has 0 aliphatic heterocycles. The maximum absolute atomic E-state index is 12.7. The van der Waals surface area contributed by atoms with Gasteiger partial charge in [0.05, 0.1) is 16.3 Å². The van der Waals surface area contributed by atoms with Gasteiger partial charge in [0.25, 0.3) is 5.91 Å². The summed E-state index contributed by atoms with van der Waals surface area (Å²) in [6.07, 6.45) is -3.07. The summed E-state index contributed by atoms with van der Waals surface area (Å²) in [6, 6.07) is 4.22. The first-order chi connectivity index (χ1) is 9.82. The molecule has 0 fully saturated rings. The van der Waals surface area contributed by atoms with E-state index in [4.69, 9.17) is 11.6 Å². The van der Waals surface area contributed by atoms with Gasteiger partial charge in [-0.3, -0.25) is 9.48 Å². The van der Waals surface area contributed by atoms with Crippen LogP contribution in [0.25, 0.3) is 0 Å². The number of nitrogens with one attached hydrogen (secondary N) is 1. The van der Waals surface area contributed by atoms with E-state index in [-0.39, 0.29) is 16.4 Å². The molecule has 0 spiro atoms. The predicted molar refractivity (Wildman–Crippen MR) is 72.3 cm³/mol. The molecule has 0 aliphatic carbocycles. The summed E-state index contributed by atoms with van der Waals surface area (Å²) in [7, 11) is 0. The van der Waals surface area contributed by atoms with Crippen LogP contribution in [0.2, 0.25) is 5.02 Å². The molecule has 0 radical (unpaired) electrons. The van der Waals surface area contributed by atoms with Crippen molar-refractivity contribution in [2.45, 2.75) is 19.6 Å². The molecule has 0 bridgehead atoms. The van der Waals surface area contributed by atoms with Crippen molar-refractivity contribution >= 4 is 23.2 Å². The zero-order valence-electron chi connectivity index (χ0n) is 10.9. The van der Waals surface area contributed by atoms with Crippen LogP contribution in [0, 0.1) is 0 Å². The number of nitrogens with zero attached hydrogens (tertiary/aromatic N) is 2. The number of hydrogen-bond acceptors (Lipinski definition) is 2. The molecule has 0 atom stereocenters. The summed E-state index contributed by atoms with van der Waals surface area (Å²) in [5, 5.41) is 6.31.